The van der Waals surface area contributed by atoms with E-state index in [1.165, 1.54) is 12.8 Å². The molecule has 0 atom stereocenters. The lowest BCUT2D eigenvalue weighted by Crippen LogP contribution is -2.33. The minimum atomic E-state index is 0.595. The number of aryl methyl sites for hydroxylation is 1. The van der Waals surface area contributed by atoms with Crippen molar-refractivity contribution in [2.45, 2.75) is 46.1 Å². The molecule has 1 aliphatic rings. The first-order chi connectivity index (χ1) is 13.2. The third kappa shape index (κ3) is 4.02. The molecule has 7 heteroatoms. The lowest BCUT2D eigenvalue weighted by molar-refractivity contribution is 0.371. The van der Waals surface area contributed by atoms with Crippen molar-refractivity contribution in [3.05, 3.63) is 42.4 Å². The van der Waals surface area contributed by atoms with Crippen LogP contribution in [-0.2, 0) is 13.0 Å². The van der Waals surface area contributed by atoms with Crippen LogP contribution >= 0.6 is 0 Å². The van der Waals surface area contributed by atoms with Crippen LogP contribution in [0.3, 0.4) is 0 Å². The zero-order chi connectivity index (χ0) is 18.6. The lowest BCUT2D eigenvalue weighted by atomic mass is 10.00. The summed E-state index contributed by atoms with van der Waals surface area (Å²) in [4.78, 5) is 15.8. The van der Waals surface area contributed by atoms with E-state index in [9.17, 15) is 0 Å². The first kappa shape index (κ1) is 17.7. The van der Waals surface area contributed by atoms with Crippen molar-refractivity contribution in [1.29, 1.82) is 0 Å². The molecule has 0 radical (unpaired) electrons. The molecule has 0 unspecified atom stereocenters. The number of hydrogen-bond donors (Lipinski definition) is 0. The summed E-state index contributed by atoms with van der Waals surface area (Å²) in [5.41, 5.74) is 2.93. The molecule has 7 nitrogen and oxygen atoms in total. The molecule has 27 heavy (non-hydrogen) atoms. The Hall–Kier alpha value is -2.70. The highest BCUT2D eigenvalue weighted by Gasteiger charge is 2.18. The standard InChI is InChI=1S/C20H26N6O/c1-3-4-17-9-18(27-24-17)13-26-14-21-12-19(26)16-10-22-20(23-11-16)25-7-5-15(2)6-8-25/h9-12,14-15H,3-8,13H2,1-2H3. The van der Waals surface area contributed by atoms with Gasteiger partial charge in [0, 0.05) is 37.1 Å². The number of hydrogen-bond acceptors (Lipinski definition) is 6. The van der Waals surface area contributed by atoms with E-state index in [2.05, 4.69) is 38.9 Å². The summed E-state index contributed by atoms with van der Waals surface area (Å²) in [6, 6.07) is 2.02. The lowest BCUT2D eigenvalue weighted by Gasteiger charge is -2.30. The Bertz CT molecular complexity index is 861. The van der Waals surface area contributed by atoms with Crippen molar-refractivity contribution in [1.82, 2.24) is 24.7 Å². The molecule has 0 saturated carbocycles. The van der Waals surface area contributed by atoms with Gasteiger partial charge in [0.05, 0.1) is 30.5 Å². The number of aromatic nitrogens is 5. The van der Waals surface area contributed by atoms with Crippen molar-refractivity contribution < 1.29 is 4.52 Å². The first-order valence-corrected chi connectivity index (χ1v) is 9.75. The van der Waals surface area contributed by atoms with Gasteiger partial charge in [-0.3, -0.25) is 0 Å². The number of piperidine rings is 1. The van der Waals surface area contributed by atoms with Gasteiger partial charge in [0.1, 0.15) is 0 Å². The Kier molecular flexibility index (Phi) is 5.18. The Labute approximate surface area is 159 Å². The number of rotatable bonds is 6. The largest absolute Gasteiger partial charge is 0.359 e. The van der Waals surface area contributed by atoms with Gasteiger partial charge >= 0.3 is 0 Å². The van der Waals surface area contributed by atoms with E-state index in [0.29, 0.717) is 6.54 Å². The maximum absolute atomic E-state index is 5.45. The summed E-state index contributed by atoms with van der Waals surface area (Å²) >= 11 is 0. The number of anilines is 1. The zero-order valence-corrected chi connectivity index (χ0v) is 16.0. The van der Waals surface area contributed by atoms with E-state index in [1.54, 1.807) is 6.33 Å². The van der Waals surface area contributed by atoms with Gasteiger partial charge in [0.2, 0.25) is 5.95 Å². The predicted octanol–water partition coefficient (Wildman–Crippen LogP) is 3.57. The molecule has 0 bridgehead atoms. The summed E-state index contributed by atoms with van der Waals surface area (Å²) in [5.74, 6) is 2.44. The smallest absolute Gasteiger partial charge is 0.225 e. The topological polar surface area (TPSA) is 72.9 Å². The quantitative estimate of drug-likeness (QED) is 0.664. The fraction of sp³-hybridized carbons (Fsp3) is 0.500. The summed E-state index contributed by atoms with van der Waals surface area (Å²) in [7, 11) is 0. The molecule has 0 amide bonds. The van der Waals surface area contributed by atoms with Crippen LogP contribution in [0.25, 0.3) is 11.3 Å². The first-order valence-electron chi connectivity index (χ1n) is 9.75. The van der Waals surface area contributed by atoms with Crippen LogP contribution in [0.5, 0.6) is 0 Å². The van der Waals surface area contributed by atoms with Gasteiger partial charge < -0.3 is 14.0 Å². The molecule has 3 aromatic heterocycles. The van der Waals surface area contributed by atoms with Gasteiger partial charge in [0.25, 0.3) is 0 Å². The molecular formula is C20H26N6O. The van der Waals surface area contributed by atoms with E-state index in [-0.39, 0.29) is 0 Å². The highest BCUT2D eigenvalue weighted by Crippen LogP contribution is 2.23. The minimum absolute atomic E-state index is 0.595. The molecule has 0 spiro atoms. The van der Waals surface area contributed by atoms with Crippen LogP contribution in [0, 0.1) is 5.92 Å². The van der Waals surface area contributed by atoms with E-state index in [0.717, 1.165) is 60.5 Å². The molecule has 0 aliphatic carbocycles. The summed E-state index contributed by atoms with van der Waals surface area (Å²) in [6.45, 7) is 7.10. The molecule has 0 aromatic carbocycles. The second-order valence-corrected chi connectivity index (χ2v) is 7.38. The predicted molar refractivity (Wildman–Crippen MR) is 103 cm³/mol. The molecular weight excluding hydrogens is 340 g/mol. The van der Waals surface area contributed by atoms with Crippen LogP contribution in [0.1, 0.15) is 44.6 Å². The summed E-state index contributed by atoms with van der Waals surface area (Å²) in [6.07, 6.45) is 11.8. The number of imidazole rings is 1. The van der Waals surface area contributed by atoms with Crippen molar-refractivity contribution in [3.63, 3.8) is 0 Å². The van der Waals surface area contributed by atoms with Crippen LogP contribution in [0.2, 0.25) is 0 Å². The number of nitrogens with zero attached hydrogens (tertiary/aromatic N) is 6. The van der Waals surface area contributed by atoms with Gasteiger partial charge in [-0.25, -0.2) is 15.0 Å². The maximum atomic E-state index is 5.45. The van der Waals surface area contributed by atoms with Crippen LogP contribution in [0.15, 0.2) is 35.5 Å². The minimum Gasteiger partial charge on any atom is -0.359 e. The van der Waals surface area contributed by atoms with E-state index in [4.69, 9.17) is 4.52 Å². The molecule has 1 fully saturated rings. The van der Waals surface area contributed by atoms with Crippen molar-refractivity contribution in [3.8, 4) is 11.3 Å². The van der Waals surface area contributed by atoms with Gasteiger partial charge in [-0.1, -0.05) is 25.4 Å². The van der Waals surface area contributed by atoms with E-state index in [1.807, 2.05) is 29.2 Å². The molecule has 4 rings (SSSR count). The molecule has 4 heterocycles. The van der Waals surface area contributed by atoms with E-state index >= 15 is 0 Å². The zero-order valence-electron chi connectivity index (χ0n) is 16.0. The van der Waals surface area contributed by atoms with E-state index < -0.39 is 0 Å². The second kappa shape index (κ2) is 7.90. The summed E-state index contributed by atoms with van der Waals surface area (Å²) < 4.78 is 7.49. The van der Waals surface area contributed by atoms with Gasteiger partial charge in [0.15, 0.2) is 5.76 Å². The Morgan fingerprint density at radius 2 is 1.93 bits per heavy atom. The van der Waals surface area contributed by atoms with Crippen molar-refractivity contribution in [2.24, 2.45) is 5.92 Å². The summed E-state index contributed by atoms with van der Waals surface area (Å²) in [5, 5.41) is 4.12. The fourth-order valence-corrected chi connectivity index (χ4v) is 3.48. The van der Waals surface area contributed by atoms with Crippen LogP contribution in [-0.4, -0.2) is 37.8 Å². The van der Waals surface area contributed by atoms with Gasteiger partial charge in [-0.15, -0.1) is 0 Å². The average molecular weight is 366 g/mol. The van der Waals surface area contributed by atoms with Gasteiger partial charge in [-0.2, -0.15) is 0 Å². The maximum Gasteiger partial charge on any atom is 0.225 e. The third-order valence-electron chi connectivity index (χ3n) is 5.15. The normalized spacial score (nSPS) is 15.4. The van der Waals surface area contributed by atoms with Crippen LogP contribution < -0.4 is 4.90 Å². The van der Waals surface area contributed by atoms with Crippen molar-refractivity contribution in [2.75, 3.05) is 18.0 Å². The fourth-order valence-electron chi connectivity index (χ4n) is 3.48. The van der Waals surface area contributed by atoms with Crippen LogP contribution in [0.4, 0.5) is 5.95 Å². The Morgan fingerprint density at radius 1 is 1.15 bits per heavy atom. The molecule has 1 saturated heterocycles. The molecule has 1 aliphatic heterocycles. The Morgan fingerprint density at radius 3 is 2.67 bits per heavy atom. The third-order valence-corrected chi connectivity index (χ3v) is 5.15. The van der Waals surface area contributed by atoms with Gasteiger partial charge in [-0.05, 0) is 25.2 Å². The average Bonchev–Trinajstić information content (AvgIpc) is 3.33. The molecule has 3 aromatic rings. The highest BCUT2D eigenvalue weighted by atomic mass is 16.5. The SMILES string of the molecule is CCCc1cc(Cn2cncc2-c2cnc(N3CCC(C)CC3)nc2)on1. The highest BCUT2D eigenvalue weighted by molar-refractivity contribution is 5.57. The second-order valence-electron chi connectivity index (χ2n) is 7.38. The molecule has 0 N–H and O–H groups in total. The Balaban J connectivity index is 1.48. The molecule has 142 valence electrons. The van der Waals surface area contributed by atoms with Crippen molar-refractivity contribution >= 4 is 5.95 Å². The monoisotopic (exact) mass is 366 g/mol.